The third kappa shape index (κ3) is 10.6. The molecule has 16 heteroatoms. The molecule has 2 radical (unpaired) electrons. The van der Waals surface area contributed by atoms with Crippen LogP contribution < -0.4 is 0 Å². The second-order valence-electron chi connectivity index (χ2n) is 8.16. The number of hydrogen-bond acceptors (Lipinski definition) is 10. The van der Waals surface area contributed by atoms with Crippen LogP contribution in [0, 0.1) is 0 Å². The zero-order valence-corrected chi connectivity index (χ0v) is 30.1. The summed E-state index contributed by atoms with van der Waals surface area (Å²) in [6, 6.07) is 19.2. The molecule has 206 valence electrons. The van der Waals surface area contributed by atoms with Gasteiger partial charge in [0, 0.05) is 103 Å². The summed E-state index contributed by atoms with van der Waals surface area (Å²) in [5.41, 5.74) is 0.976. The third-order valence-electron chi connectivity index (χ3n) is 5.25. The average molecular weight is 659 g/mol. The Kier molecular flexibility index (Phi) is 14.0. The van der Waals surface area contributed by atoms with Crippen LogP contribution in [0.1, 0.15) is 11.1 Å². The summed E-state index contributed by atoms with van der Waals surface area (Å²) in [6.45, 7) is 0. The monoisotopic (exact) mass is 658 g/mol. The minimum absolute atomic E-state index is 0. The fourth-order valence-corrected chi connectivity index (χ4v) is 4.75. The molecular formula is C26H20K2N4O8S2. The van der Waals surface area contributed by atoms with Gasteiger partial charge in [-0.05, 0) is 83.9 Å². The fourth-order valence-electron chi connectivity index (χ4n) is 3.34. The van der Waals surface area contributed by atoms with E-state index in [9.17, 15) is 36.2 Å². The number of phenolic OH excluding ortho intramolecular Hbond substituents is 2. The molecule has 0 heterocycles. The van der Waals surface area contributed by atoms with Crippen molar-refractivity contribution in [1.82, 2.24) is 0 Å². The number of nitrogens with zero attached hydrogens (tertiary/aromatic N) is 4. The summed E-state index contributed by atoms with van der Waals surface area (Å²) in [7, 11) is -9.45. The van der Waals surface area contributed by atoms with Crippen LogP contribution in [0.15, 0.2) is 115 Å². The van der Waals surface area contributed by atoms with E-state index in [2.05, 4.69) is 20.5 Å². The van der Waals surface area contributed by atoms with Crippen molar-refractivity contribution in [1.29, 1.82) is 0 Å². The van der Waals surface area contributed by atoms with Crippen molar-refractivity contribution in [2.24, 2.45) is 20.5 Å². The molecule has 0 aliphatic rings. The predicted octanol–water partition coefficient (Wildman–Crippen LogP) is 5.83. The number of phenols is 2. The van der Waals surface area contributed by atoms with E-state index in [0.717, 1.165) is 12.1 Å². The SMILES string of the molecule is O=S(=O)(O)c1cc(N=Nc2ccc(O)cc2)ccc1C=Cc1ccc(N=Nc2ccc(O)cc2)cc1S(=O)(=O)O.[K].[K]. The van der Waals surface area contributed by atoms with Crippen molar-refractivity contribution in [3.05, 3.63) is 96.1 Å². The van der Waals surface area contributed by atoms with Crippen molar-refractivity contribution >= 4 is 158 Å². The molecule has 42 heavy (non-hydrogen) atoms. The molecule has 4 N–H and O–H groups in total. The average Bonchev–Trinajstić information content (AvgIpc) is 2.90. The molecule has 0 aromatic heterocycles. The first-order chi connectivity index (χ1) is 18.9. The fraction of sp³-hybridized carbons (Fsp3) is 0. The summed E-state index contributed by atoms with van der Waals surface area (Å²) in [6.07, 6.45) is 2.48. The Balaban J connectivity index is 0.00000308. The minimum atomic E-state index is -4.73. The summed E-state index contributed by atoms with van der Waals surface area (Å²) in [4.78, 5) is -1.03. The van der Waals surface area contributed by atoms with E-state index in [1.165, 1.54) is 84.9 Å². The van der Waals surface area contributed by atoms with Gasteiger partial charge in [0.25, 0.3) is 20.2 Å². The van der Waals surface area contributed by atoms with Gasteiger partial charge < -0.3 is 10.2 Å². The zero-order valence-electron chi connectivity index (χ0n) is 22.3. The molecule has 0 saturated heterocycles. The summed E-state index contributed by atoms with van der Waals surface area (Å²) < 4.78 is 67.7. The Hall–Kier alpha value is -1.49. The molecule has 0 atom stereocenters. The largest absolute Gasteiger partial charge is 0.508 e. The van der Waals surface area contributed by atoms with Crippen molar-refractivity contribution in [3.63, 3.8) is 0 Å². The van der Waals surface area contributed by atoms with E-state index in [-0.39, 0.29) is 137 Å². The van der Waals surface area contributed by atoms with E-state index in [0.29, 0.717) is 11.4 Å². The Bertz CT molecular complexity index is 1730. The van der Waals surface area contributed by atoms with Crippen LogP contribution in [0.3, 0.4) is 0 Å². The van der Waals surface area contributed by atoms with Crippen molar-refractivity contribution in [3.8, 4) is 11.5 Å². The van der Waals surface area contributed by atoms with Crippen LogP contribution in [0.5, 0.6) is 11.5 Å². The van der Waals surface area contributed by atoms with Gasteiger partial charge in [-0.15, -0.1) is 0 Å². The molecule has 0 aliphatic heterocycles. The van der Waals surface area contributed by atoms with Crippen LogP contribution in [0.25, 0.3) is 12.2 Å². The number of rotatable bonds is 8. The molecule has 0 amide bonds. The molecule has 4 aromatic rings. The first-order valence-corrected chi connectivity index (χ1v) is 14.1. The predicted molar refractivity (Wildman–Crippen MR) is 158 cm³/mol. The van der Waals surface area contributed by atoms with Crippen LogP contribution >= 0.6 is 0 Å². The number of benzene rings is 4. The molecular weight excluding hydrogens is 639 g/mol. The molecule has 0 unspecified atom stereocenters. The zero-order chi connectivity index (χ0) is 28.9. The molecule has 0 saturated carbocycles. The van der Waals surface area contributed by atoms with Crippen molar-refractivity contribution in [2.45, 2.75) is 9.79 Å². The molecule has 0 bridgehead atoms. The first-order valence-electron chi connectivity index (χ1n) is 11.2. The smallest absolute Gasteiger partial charge is 0.295 e. The molecule has 0 fully saturated rings. The topological polar surface area (TPSA) is 199 Å². The van der Waals surface area contributed by atoms with Crippen LogP contribution in [-0.4, -0.2) is 139 Å². The van der Waals surface area contributed by atoms with E-state index >= 15 is 0 Å². The summed E-state index contributed by atoms with van der Waals surface area (Å²) >= 11 is 0. The van der Waals surface area contributed by atoms with Gasteiger partial charge >= 0.3 is 0 Å². The number of hydrogen-bond donors (Lipinski definition) is 4. The Morgan fingerprint density at radius 3 is 1.07 bits per heavy atom. The standard InChI is InChI=1S/C26H20N4O8S2.2K/c31-23-11-7-19(8-12-23)27-29-21-5-3-17(25(15-21)39(33,34)35)1-2-18-4-6-22(16-26(18)40(36,37)38)30-28-20-9-13-24(32)14-10-20;;/h1-16,31-32H,(H,33,34,35)(H,36,37,38);;. The second kappa shape index (κ2) is 16.0. The molecule has 0 aliphatic carbocycles. The Labute approximate surface area is 326 Å². The van der Waals surface area contributed by atoms with Gasteiger partial charge in [0.15, 0.2) is 0 Å². The minimum Gasteiger partial charge on any atom is -0.508 e. The van der Waals surface area contributed by atoms with Crippen LogP contribution in [0.2, 0.25) is 0 Å². The normalized spacial score (nSPS) is 12.0. The summed E-state index contributed by atoms with van der Waals surface area (Å²) in [5.74, 6) is 0.0723. The van der Waals surface area contributed by atoms with E-state index in [4.69, 9.17) is 0 Å². The maximum absolute atomic E-state index is 12.1. The van der Waals surface area contributed by atoms with Gasteiger partial charge in [0.1, 0.15) is 21.3 Å². The molecule has 12 nitrogen and oxygen atoms in total. The molecule has 4 rings (SSSR count). The maximum atomic E-state index is 12.1. The van der Waals surface area contributed by atoms with Gasteiger partial charge in [0.05, 0.1) is 22.7 Å². The second-order valence-corrected chi connectivity index (χ2v) is 10.9. The van der Waals surface area contributed by atoms with Gasteiger partial charge in [-0.2, -0.15) is 37.3 Å². The van der Waals surface area contributed by atoms with Crippen LogP contribution in [-0.2, 0) is 20.2 Å². The first kappa shape index (κ1) is 36.7. The molecule has 4 aromatic carbocycles. The van der Waals surface area contributed by atoms with Gasteiger partial charge in [-0.25, -0.2) is 0 Å². The van der Waals surface area contributed by atoms with Crippen LogP contribution in [0.4, 0.5) is 22.7 Å². The maximum Gasteiger partial charge on any atom is 0.295 e. The van der Waals surface area contributed by atoms with Crippen molar-refractivity contribution < 1.29 is 36.2 Å². The van der Waals surface area contributed by atoms with Gasteiger partial charge in [-0.1, -0.05) is 24.3 Å². The third-order valence-corrected chi connectivity index (χ3v) is 7.07. The Morgan fingerprint density at radius 1 is 0.476 bits per heavy atom. The van der Waals surface area contributed by atoms with Gasteiger partial charge in [-0.3, -0.25) is 9.11 Å². The van der Waals surface area contributed by atoms with Crippen molar-refractivity contribution in [2.75, 3.05) is 0 Å². The quantitative estimate of drug-likeness (QED) is 0.0784. The number of azo groups is 2. The Morgan fingerprint density at radius 2 is 0.762 bits per heavy atom. The summed E-state index contributed by atoms with van der Waals surface area (Å²) in [5, 5.41) is 34.5. The van der Waals surface area contributed by atoms with E-state index in [1.54, 1.807) is 0 Å². The van der Waals surface area contributed by atoms with Gasteiger partial charge in [0.2, 0.25) is 0 Å². The van der Waals surface area contributed by atoms with E-state index < -0.39 is 30.0 Å². The number of aromatic hydroxyl groups is 2. The molecule has 0 spiro atoms. The van der Waals surface area contributed by atoms with E-state index in [1.807, 2.05) is 0 Å².